The van der Waals surface area contributed by atoms with Gasteiger partial charge in [0.2, 0.25) is 11.8 Å². The minimum atomic E-state index is -4.40. The van der Waals surface area contributed by atoms with Crippen molar-refractivity contribution in [3.05, 3.63) is 35.4 Å². The highest BCUT2D eigenvalue weighted by Crippen LogP contribution is 2.60. The molecule has 5 rings (SSSR count). The molecule has 4 fully saturated rings. The summed E-state index contributed by atoms with van der Waals surface area (Å²) >= 11 is 0. The smallest absolute Gasteiger partial charge is 0.356 e. The van der Waals surface area contributed by atoms with E-state index >= 15 is 0 Å². The van der Waals surface area contributed by atoms with E-state index in [0.29, 0.717) is 17.8 Å². The van der Waals surface area contributed by atoms with Gasteiger partial charge in [0.15, 0.2) is 0 Å². The van der Waals surface area contributed by atoms with Crippen molar-refractivity contribution in [2.45, 2.75) is 57.5 Å². The first-order valence-electron chi connectivity index (χ1n) is 11.0. The first-order valence-corrected chi connectivity index (χ1v) is 11.0. The molecular formula is C23H29F3N2O2. The van der Waals surface area contributed by atoms with E-state index in [9.17, 15) is 22.8 Å². The zero-order valence-electron chi connectivity index (χ0n) is 17.1. The van der Waals surface area contributed by atoms with Crippen molar-refractivity contribution in [1.29, 1.82) is 0 Å². The zero-order valence-corrected chi connectivity index (χ0v) is 17.1. The molecule has 4 nitrogen and oxygen atoms in total. The van der Waals surface area contributed by atoms with Crippen LogP contribution in [0.1, 0.15) is 56.1 Å². The van der Waals surface area contributed by atoms with Crippen molar-refractivity contribution in [3.63, 3.8) is 0 Å². The molecule has 4 aliphatic rings. The Morgan fingerprint density at radius 1 is 0.933 bits per heavy atom. The van der Waals surface area contributed by atoms with E-state index in [2.05, 4.69) is 10.6 Å². The predicted octanol–water partition coefficient (Wildman–Crippen LogP) is 4.09. The van der Waals surface area contributed by atoms with Crippen LogP contribution in [0.15, 0.2) is 24.3 Å². The van der Waals surface area contributed by atoms with Gasteiger partial charge in [-0.25, -0.2) is 0 Å². The summed E-state index contributed by atoms with van der Waals surface area (Å²) in [6, 6.07) is 5.40. The van der Waals surface area contributed by atoms with Crippen LogP contribution >= 0.6 is 0 Å². The number of amides is 2. The highest BCUT2D eigenvalue weighted by molar-refractivity contribution is 5.84. The molecule has 2 amide bonds. The van der Waals surface area contributed by atoms with Gasteiger partial charge in [-0.3, -0.25) is 9.59 Å². The number of hydrogen-bond donors (Lipinski definition) is 2. The number of carbonyl (C=O) groups excluding carboxylic acids is 2. The minimum absolute atomic E-state index is 0.0912. The first-order chi connectivity index (χ1) is 14.2. The summed E-state index contributed by atoms with van der Waals surface area (Å²) in [6.45, 7) is 0.403. The largest absolute Gasteiger partial charge is 0.416 e. The zero-order chi connectivity index (χ0) is 21.4. The lowest BCUT2D eigenvalue weighted by Crippen LogP contribution is -2.53. The van der Waals surface area contributed by atoms with Crippen molar-refractivity contribution in [2.75, 3.05) is 13.1 Å². The maximum atomic E-state index is 13.0. The average molecular weight is 422 g/mol. The fourth-order valence-corrected chi connectivity index (χ4v) is 6.31. The fraction of sp³-hybridized carbons (Fsp3) is 0.652. The number of nitrogens with one attached hydrogen (secondary N) is 2. The van der Waals surface area contributed by atoms with Crippen molar-refractivity contribution in [3.8, 4) is 0 Å². The molecule has 1 aromatic carbocycles. The Labute approximate surface area is 175 Å². The summed E-state index contributed by atoms with van der Waals surface area (Å²) in [5, 5.41) is 5.62. The van der Waals surface area contributed by atoms with E-state index in [0.717, 1.165) is 25.3 Å². The normalized spacial score (nSPS) is 29.6. The molecule has 4 bridgehead atoms. The third-order valence-electron chi connectivity index (χ3n) is 7.20. The molecule has 164 valence electrons. The van der Waals surface area contributed by atoms with Gasteiger partial charge in [-0.2, -0.15) is 13.2 Å². The Morgan fingerprint density at radius 2 is 1.53 bits per heavy atom. The topological polar surface area (TPSA) is 58.2 Å². The summed E-state index contributed by atoms with van der Waals surface area (Å²) in [4.78, 5) is 24.9. The third-order valence-corrected chi connectivity index (χ3v) is 7.20. The molecule has 2 N–H and O–H groups in total. The Balaban J connectivity index is 1.20. The third kappa shape index (κ3) is 4.49. The highest BCUT2D eigenvalue weighted by Gasteiger charge is 2.54. The van der Waals surface area contributed by atoms with Crippen LogP contribution < -0.4 is 10.6 Å². The van der Waals surface area contributed by atoms with Crippen LogP contribution in [0.4, 0.5) is 13.2 Å². The van der Waals surface area contributed by atoms with Gasteiger partial charge in [0.1, 0.15) is 0 Å². The Bertz CT molecular complexity index is 771. The van der Waals surface area contributed by atoms with E-state index in [1.54, 1.807) is 6.07 Å². The maximum absolute atomic E-state index is 13.0. The van der Waals surface area contributed by atoms with E-state index in [-0.39, 0.29) is 48.7 Å². The average Bonchev–Trinajstić information content (AvgIpc) is 2.66. The van der Waals surface area contributed by atoms with Gasteiger partial charge >= 0.3 is 6.18 Å². The Morgan fingerprint density at radius 3 is 2.13 bits per heavy atom. The van der Waals surface area contributed by atoms with E-state index in [1.807, 2.05) is 0 Å². The summed E-state index contributed by atoms with van der Waals surface area (Å²) in [5.41, 5.74) is -0.727. The lowest BCUT2D eigenvalue weighted by atomic mass is 9.49. The number of halogens is 3. The summed E-state index contributed by atoms with van der Waals surface area (Å²) in [5.74, 6) is 1.89. The molecule has 0 aromatic heterocycles. The molecule has 0 aliphatic heterocycles. The quantitative estimate of drug-likeness (QED) is 0.696. The molecule has 0 saturated heterocycles. The first kappa shape index (κ1) is 21.2. The lowest BCUT2D eigenvalue weighted by molar-refractivity contribution is -0.146. The van der Waals surface area contributed by atoms with Gasteiger partial charge in [-0.15, -0.1) is 0 Å². The number of alkyl halides is 3. The van der Waals surface area contributed by atoms with Crippen molar-refractivity contribution >= 4 is 11.8 Å². The second-order valence-corrected chi connectivity index (χ2v) is 9.46. The molecule has 4 saturated carbocycles. The van der Waals surface area contributed by atoms with Gasteiger partial charge < -0.3 is 10.6 Å². The second kappa shape index (κ2) is 8.23. The van der Waals surface area contributed by atoms with Crippen LogP contribution in [-0.2, 0) is 22.2 Å². The van der Waals surface area contributed by atoms with Crippen LogP contribution in [0.25, 0.3) is 0 Å². The van der Waals surface area contributed by atoms with Crippen LogP contribution in [0.3, 0.4) is 0 Å². The summed E-state index contributed by atoms with van der Waals surface area (Å²) in [7, 11) is 0. The van der Waals surface area contributed by atoms with Crippen molar-refractivity contribution < 1.29 is 22.8 Å². The number of rotatable bonds is 7. The Hall–Kier alpha value is -2.05. The standard InChI is InChI=1S/C23H29F3N2O2/c24-23(25,26)19-4-2-1-3-18(19)5-7-27-20(29)6-8-28-21(30)22-12-15-9-16(13-22)11-17(10-15)14-22/h1-4,15-17H,5-14H2,(H,27,29)(H,28,30). The number of hydrogen-bond acceptors (Lipinski definition) is 2. The van der Waals surface area contributed by atoms with Crippen LogP contribution in [0.5, 0.6) is 0 Å². The summed E-state index contributed by atoms with van der Waals surface area (Å²) in [6.07, 6.45) is 2.61. The van der Waals surface area contributed by atoms with Gasteiger partial charge in [-0.05, 0) is 74.3 Å². The number of benzene rings is 1. The van der Waals surface area contributed by atoms with Crippen molar-refractivity contribution in [2.24, 2.45) is 23.2 Å². The Kier molecular flexibility index (Phi) is 5.82. The second-order valence-electron chi connectivity index (χ2n) is 9.46. The molecule has 30 heavy (non-hydrogen) atoms. The van der Waals surface area contributed by atoms with Crippen LogP contribution in [-0.4, -0.2) is 24.9 Å². The molecule has 0 atom stereocenters. The number of carbonyl (C=O) groups is 2. The maximum Gasteiger partial charge on any atom is 0.416 e. The molecule has 7 heteroatoms. The fourth-order valence-electron chi connectivity index (χ4n) is 6.31. The van der Waals surface area contributed by atoms with Gasteiger partial charge in [0.25, 0.3) is 0 Å². The minimum Gasteiger partial charge on any atom is -0.356 e. The lowest BCUT2D eigenvalue weighted by Gasteiger charge is -2.55. The molecule has 4 aliphatic carbocycles. The predicted molar refractivity (Wildman–Crippen MR) is 106 cm³/mol. The highest BCUT2D eigenvalue weighted by atomic mass is 19.4. The van der Waals surface area contributed by atoms with Crippen molar-refractivity contribution in [1.82, 2.24) is 10.6 Å². The molecule has 1 aromatic rings. The summed E-state index contributed by atoms with van der Waals surface area (Å²) < 4.78 is 39.1. The van der Waals surface area contributed by atoms with Gasteiger partial charge in [0.05, 0.1) is 5.56 Å². The van der Waals surface area contributed by atoms with Gasteiger partial charge in [0, 0.05) is 24.9 Å². The molecule has 0 radical (unpaired) electrons. The molecule has 0 unspecified atom stereocenters. The van der Waals surface area contributed by atoms with E-state index in [4.69, 9.17) is 0 Å². The van der Waals surface area contributed by atoms with Crippen LogP contribution in [0.2, 0.25) is 0 Å². The van der Waals surface area contributed by atoms with Crippen LogP contribution in [0, 0.1) is 23.2 Å². The SMILES string of the molecule is O=C(CCNC(=O)C12CC3CC(CC(C3)C1)C2)NCCc1ccccc1C(F)(F)F. The van der Waals surface area contributed by atoms with E-state index < -0.39 is 11.7 Å². The molecular weight excluding hydrogens is 393 g/mol. The van der Waals surface area contributed by atoms with Gasteiger partial charge in [-0.1, -0.05) is 18.2 Å². The monoisotopic (exact) mass is 422 g/mol. The van der Waals surface area contributed by atoms with E-state index in [1.165, 1.54) is 31.4 Å². The molecule has 0 spiro atoms. The molecule has 0 heterocycles.